The summed E-state index contributed by atoms with van der Waals surface area (Å²) in [6, 6.07) is 23.2. The molecule has 44 heavy (non-hydrogen) atoms. The highest BCUT2D eigenvalue weighted by Gasteiger charge is 2.52. The average molecular weight is 617 g/mol. The number of fused-ring (bicyclic) bond motifs is 2. The summed E-state index contributed by atoms with van der Waals surface area (Å²) in [6.07, 6.45) is 1.53. The molecule has 9 heteroatoms. The highest BCUT2D eigenvalue weighted by molar-refractivity contribution is 6.72. The molecule has 232 valence electrons. The molecular formula is C35H41FN2O5Si. The molecule has 0 radical (unpaired) electrons. The van der Waals surface area contributed by atoms with Gasteiger partial charge in [0.2, 0.25) is 14.3 Å². The minimum Gasteiger partial charge on any atom is -0.482 e. The van der Waals surface area contributed by atoms with Crippen LogP contribution in [0.15, 0.2) is 72.8 Å². The zero-order valence-electron chi connectivity index (χ0n) is 25.6. The Morgan fingerprint density at radius 1 is 1.00 bits per heavy atom. The first-order chi connectivity index (χ1) is 21.1. The van der Waals surface area contributed by atoms with Gasteiger partial charge in [-0.2, -0.15) is 0 Å². The van der Waals surface area contributed by atoms with E-state index < -0.39 is 14.5 Å². The topological polar surface area (TPSA) is 79.3 Å². The number of hydrogen-bond donors (Lipinski definition) is 1. The van der Waals surface area contributed by atoms with Gasteiger partial charge in [0, 0.05) is 17.8 Å². The van der Waals surface area contributed by atoms with Gasteiger partial charge in [-0.25, -0.2) is 0 Å². The van der Waals surface area contributed by atoms with Gasteiger partial charge in [-0.05, 0) is 79.2 Å². The third-order valence-corrected chi connectivity index (χ3v) is 12.1. The van der Waals surface area contributed by atoms with Crippen molar-refractivity contribution in [3.63, 3.8) is 0 Å². The summed E-state index contributed by atoms with van der Waals surface area (Å²) in [5.74, 6) is 0.460. The second-order valence-corrected chi connectivity index (χ2v) is 16.7. The van der Waals surface area contributed by atoms with Crippen LogP contribution in [0.3, 0.4) is 0 Å². The van der Waals surface area contributed by atoms with Crippen LogP contribution in [0.25, 0.3) is 0 Å². The van der Waals surface area contributed by atoms with Gasteiger partial charge in [0.05, 0.1) is 37.0 Å². The van der Waals surface area contributed by atoms with Crippen LogP contribution in [-0.2, 0) is 33.7 Å². The summed E-state index contributed by atoms with van der Waals surface area (Å²) in [6.45, 7) is 5.84. The predicted molar refractivity (Wildman–Crippen MR) is 170 cm³/mol. The number of aryl methyl sites for hydroxylation is 1. The summed E-state index contributed by atoms with van der Waals surface area (Å²) >= 11 is 0. The standard InChI is InChI=1S/C35H41FN2O5Si/c1-23-30(17-14-24-12-15-27(16-13-24)38-29-10-6-7-11-31(29)42-22-34(38)41)43-32(35(23)44(2,3)36)19-33(40)37-20-26-9-5-4-8-25(26)18-28(37)21-39/h4-13,15-16,23,28,30,32,35,39H,14,17-22H2,1-3H3/t23-,28-,30+,32-,35+/m0/s1. The summed E-state index contributed by atoms with van der Waals surface area (Å²) in [7, 11) is -3.15. The van der Waals surface area contributed by atoms with Crippen LogP contribution in [0.4, 0.5) is 15.5 Å². The molecule has 3 heterocycles. The molecule has 0 bridgehead atoms. The molecule has 0 spiro atoms. The molecule has 3 aliphatic rings. The van der Waals surface area contributed by atoms with Crippen molar-refractivity contribution in [3.05, 3.63) is 89.5 Å². The second kappa shape index (κ2) is 12.5. The van der Waals surface area contributed by atoms with Gasteiger partial charge in [0.25, 0.3) is 5.91 Å². The van der Waals surface area contributed by atoms with E-state index >= 15 is 4.11 Å². The summed E-state index contributed by atoms with van der Waals surface area (Å²) in [4.78, 5) is 29.8. The monoisotopic (exact) mass is 616 g/mol. The van der Waals surface area contributed by atoms with E-state index in [1.807, 2.05) is 72.8 Å². The van der Waals surface area contributed by atoms with E-state index in [0.717, 1.165) is 34.5 Å². The van der Waals surface area contributed by atoms with E-state index in [-0.39, 0.29) is 55.1 Å². The van der Waals surface area contributed by atoms with Crippen LogP contribution in [-0.4, -0.2) is 61.7 Å². The molecule has 0 saturated carbocycles. The smallest absolute Gasteiger partial charge is 0.269 e. The third kappa shape index (κ3) is 6.05. The summed E-state index contributed by atoms with van der Waals surface area (Å²) in [5, 5.41) is 10.1. The molecule has 3 aliphatic heterocycles. The Kier molecular flexibility index (Phi) is 8.63. The van der Waals surface area contributed by atoms with Crippen molar-refractivity contribution in [2.45, 2.75) is 76.0 Å². The maximum absolute atomic E-state index is 15.8. The van der Waals surface area contributed by atoms with Gasteiger partial charge in [-0.1, -0.05) is 55.5 Å². The first-order valence-electron chi connectivity index (χ1n) is 15.6. The lowest BCUT2D eigenvalue weighted by Crippen LogP contribution is -2.48. The normalized spacial score (nSPS) is 24.9. The fourth-order valence-corrected chi connectivity index (χ4v) is 9.96. The van der Waals surface area contributed by atoms with Crippen molar-refractivity contribution < 1.29 is 28.3 Å². The molecule has 1 fully saturated rings. The van der Waals surface area contributed by atoms with Gasteiger partial charge in [0.15, 0.2) is 6.61 Å². The zero-order chi connectivity index (χ0) is 31.0. The second-order valence-electron chi connectivity index (χ2n) is 12.9. The van der Waals surface area contributed by atoms with E-state index in [4.69, 9.17) is 9.47 Å². The SMILES string of the molecule is C[C@@H]1[C@@H]([Si](C)(C)F)[C@H](CC(=O)N2Cc3ccccc3C[C@H]2CO)O[C@@H]1CCc1ccc(N2C(=O)COc3ccccc32)cc1. The lowest BCUT2D eigenvalue weighted by molar-refractivity contribution is -0.138. The van der Waals surface area contributed by atoms with Gasteiger partial charge >= 0.3 is 0 Å². The largest absolute Gasteiger partial charge is 0.482 e. The lowest BCUT2D eigenvalue weighted by Gasteiger charge is -2.37. The number of amides is 2. The van der Waals surface area contributed by atoms with Crippen molar-refractivity contribution in [3.8, 4) is 5.75 Å². The van der Waals surface area contributed by atoms with Crippen LogP contribution >= 0.6 is 0 Å². The van der Waals surface area contributed by atoms with Crippen molar-refractivity contribution in [2.75, 3.05) is 18.1 Å². The first-order valence-corrected chi connectivity index (χ1v) is 18.5. The molecule has 0 unspecified atom stereocenters. The molecule has 2 amide bonds. The fourth-order valence-electron chi connectivity index (χ4n) is 7.41. The Morgan fingerprint density at radius 2 is 1.70 bits per heavy atom. The van der Waals surface area contributed by atoms with Gasteiger partial charge in [-0.15, -0.1) is 0 Å². The Balaban J connectivity index is 1.12. The van der Waals surface area contributed by atoms with Crippen LogP contribution in [0.1, 0.15) is 36.5 Å². The Hall–Kier alpha value is -3.53. The Labute approximate surface area is 259 Å². The van der Waals surface area contributed by atoms with E-state index in [2.05, 4.69) is 6.92 Å². The Morgan fingerprint density at radius 3 is 2.43 bits per heavy atom. The minimum atomic E-state index is -3.15. The number of aliphatic hydroxyl groups is 1. The van der Waals surface area contributed by atoms with E-state index in [9.17, 15) is 14.7 Å². The van der Waals surface area contributed by atoms with Gasteiger partial charge in [-0.3, -0.25) is 14.5 Å². The first kappa shape index (κ1) is 30.5. The minimum absolute atomic E-state index is 0.000447. The van der Waals surface area contributed by atoms with Gasteiger partial charge < -0.3 is 23.6 Å². The number of aliphatic hydroxyl groups excluding tert-OH is 1. The number of hydrogen-bond acceptors (Lipinski definition) is 5. The fraction of sp³-hybridized carbons (Fsp3) is 0.429. The number of rotatable bonds is 8. The molecule has 0 aliphatic carbocycles. The molecule has 1 N–H and O–H groups in total. The lowest BCUT2D eigenvalue weighted by atomic mass is 9.93. The Bertz CT molecular complexity index is 1510. The zero-order valence-corrected chi connectivity index (χ0v) is 26.6. The van der Waals surface area contributed by atoms with Crippen LogP contribution in [0, 0.1) is 5.92 Å². The number of nitrogens with zero attached hydrogens (tertiary/aromatic N) is 2. The van der Waals surface area contributed by atoms with Crippen molar-refractivity contribution >= 4 is 31.6 Å². The number of ether oxygens (including phenoxy) is 2. The number of carbonyl (C=O) groups excluding carboxylic acids is 2. The average Bonchev–Trinajstić information content (AvgIpc) is 3.34. The molecular weight excluding hydrogens is 575 g/mol. The number of carbonyl (C=O) groups is 2. The quantitative estimate of drug-likeness (QED) is 0.250. The van der Waals surface area contributed by atoms with Crippen LogP contribution in [0.5, 0.6) is 5.75 Å². The number of para-hydroxylation sites is 2. The van der Waals surface area contributed by atoms with Crippen LogP contribution < -0.4 is 9.64 Å². The number of anilines is 2. The molecule has 3 aromatic carbocycles. The maximum Gasteiger partial charge on any atom is 0.269 e. The van der Waals surface area contributed by atoms with Gasteiger partial charge in [0.1, 0.15) is 5.75 Å². The highest BCUT2D eigenvalue weighted by Crippen LogP contribution is 2.47. The van der Waals surface area contributed by atoms with E-state index in [1.54, 1.807) is 22.9 Å². The molecule has 3 aromatic rings. The van der Waals surface area contributed by atoms with E-state index in [1.165, 1.54) is 0 Å². The molecule has 5 atom stereocenters. The number of benzene rings is 3. The van der Waals surface area contributed by atoms with Crippen molar-refractivity contribution in [2.24, 2.45) is 5.92 Å². The number of halogens is 1. The van der Waals surface area contributed by atoms with E-state index in [0.29, 0.717) is 25.1 Å². The molecule has 7 nitrogen and oxygen atoms in total. The molecule has 6 rings (SSSR count). The summed E-state index contributed by atoms with van der Waals surface area (Å²) < 4.78 is 27.9. The van der Waals surface area contributed by atoms with Crippen LogP contribution in [0.2, 0.25) is 18.6 Å². The third-order valence-electron chi connectivity index (χ3n) is 9.58. The maximum atomic E-state index is 15.8. The molecule has 1 saturated heterocycles. The predicted octanol–water partition coefficient (Wildman–Crippen LogP) is 5.96. The highest BCUT2D eigenvalue weighted by atomic mass is 28.4. The summed E-state index contributed by atoms with van der Waals surface area (Å²) in [5.41, 5.74) is 4.57. The molecule has 0 aromatic heterocycles. The van der Waals surface area contributed by atoms with Crippen molar-refractivity contribution in [1.82, 2.24) is 4.90 Å². The van der Waals surface area contributed by atoms with Crippen molar-refractivity contribution in [1.29, 1.82) is 0 Å².